The molecule has 0 aromatic carbocycles. The van der Waals surface area contributed by atoms with Gasteiger partial charge in [-0.05, 0) is 44.7 Å². The molecule has 15 heavy (non-hydrogen) atoms. The van der Waals surface area contributed by atoms with Crippen LogP contribution in [0.2, 0.25) is 0 Å². The van der Waals surface area contributed by atoms with Crippen molar-refractivity contribution in [3.8, 4) is 0 Å². The Kier molecular flexibility index (Phi) is 4.60. The van der Waals surface area contributed by atoms with Crippen LogP contribution in [0.4, 0.5) is 0 Å². The molecule has 1 heterocycles. The molecule has 0 radical (unpaired) electrons. The first kappa shape index (κ1) is 13.0. The van der Waals surface area contributed by atoms with Crippen LogP contribution in [-0.2, 0) is 0 Å². The number of nitrogens with two attached hydrogens (primary N) is 1. The topological polar surface area (TPSA) is 29.3 Å². The van der Waals surface area contributed by atoms with E-state index in [2.05, 4.69) is 32.6 Å². The van der Waals surface area contributed by atoms with Crippen molar-refractivity contribution in [2.24, 2.45) is 11.1 Å². The predicted octanol–water partition coefficient (Wildman–Crippen LogP) is 2.62. The monoisotopic (exact) mass is 212 g/mol. The number of rotatable bonds is 3. The van der Waals surface area contributed by atoms with Gasteiger partial charge in [-0.2, -0.15) is 0 Å². The van der Waals surface area contributed by atoms with Crippen LogP contribution in [0.5, 0.6) is 0 Å². The summed E-state index contributed by atoms with van der Waals surface area (Å²) in [6, 6.07) is 1.09. The Morgan fingerprint density at radius 2 is 2.00 bits per heavy atom. The second kappa shape index (κ2) is 5.31. The second-order valence-electron chi connectivity index (χ2n) is 6.18. The molecule has 1 rings (SSSR count). The van der Waals surface area contributed by atoms with Gasteiger partial charge in [-0.15, -0.1) is 0 Å². The van der Waals surface area contributed by atoms with Crippen molar-refractivity contribution >= 4 is 0 Å². The fourth-order valence-corrected chi connectivity index (χ4v) is 2.61. The van der Waals surface area contributed by atoms with Crippen LogP contribution in [0, 0.1) is 5.41 Å². The summed E-state index contributed by atoms with van der Waals surface area (Å²) in [7, 11) is 0. The maximum Gasteiger partial charge on any atom is 0.0144 e. The minimum atomic E-state index is 0.340. The predicted molar refractivity (Wildman–Crippen MR) is 66.9 cm³/mol. The van der Waals surface area contributed by atoms with Gasteiger partial charge in [0.25, 0.3) is 0 Å². The molecule has 2 N–H and O–H groups in total. The third-order valence-corrected chi connectivity index (χ3v) is 3.48. The molecule has 0 bridgehead atoms. The third-order valence-electron chi connectivity index (χ3n) is 3.48. The van der Waals surface area contributed by atoms with Gasteiger partial charge in [0.15, 0.2) is 0 Å². The summed E-state index contributed by atoms with van der Waals surface area (Å²) < 4.78 is 0. The summed E-state index contributed by atoms with van der Waals surface area (Å²) >= 11 is 0. The van der Waals surface area contributed by atoms with Crippen LogP contribution in [0.25, 0.3) is 0 Å². The van der Waals surface area contributed by atoms with E-state index in [-0.39, 0.29) is 0 Å². The van der Waals surface area contributed by atoms with E-state index in [1.54, 1.807) is 0 Å². The smallest absolute Gasteiger partial charge is 0.0144 e. The zero-order valence-corrected chi connectivity index (χ0v) is 10.9. The van der Waals surface area contributed by atoms with Gasteiger partial charge in [0.05, 0.1) is 0 Å². The highest BCUT2D eigenvalue weighted by molar-refractivity contribution is 4.86. The summed E-state index contributed by atoms with van der Waals surface area (Å²) in [5.41, 5.74) is 6.25. The molecule has 0 aromatic heterocycles. The molecule has 0 amide bonds. The summed E-state index contributed by atoms with van der Waals surface area (Å²) in [5.74, 6) is 0. The summed E-state index contributed by atoms with van der Waals surface area (Å²) in [6.07, 6.45) is 5.26. The second-order valence-corrected chi connectivity index (χ2v) is 6.18. The average molecular weight is 212 g/mol. The minimum Gasteiger partial charge on any atom is -0.328 e. The van der Waals surface area contributed by atoms with Gasteiger partial charge in [-0.25, -0.2) is 0 Å². The van der Waals surface area contributed by atoms with Gasteiger partial charge in [0, 0.05) is 12.1 Å². The van der Waals surface area contributed by atoms with Gasteiger partial charge in [-0.3, -0.25) is 4.90 Å². The Morgan fingerprint density at radius 3 is 2.53 bits per heavy atom. The van der Waals surface area contributed by atoms with Crippen molar-refractivity contribution in [3.63, 3.8) is 0 Å². The van der Waals surface area contributed by atoms with Gasteiger partial charge < -0.3 is 5.73 Å². The van der Waals surface area contributed by atoms with Gasteiger partial charge in [0.1, 0.15) is 0 Å². The Morgan fingerprint density at radius 1 is 1.33 bits per heavy atom. The molecule has 1 aliphatic heterocycles. The molecular formula is C13H28N2. The van der Waals surface area contributed by atoms with Crippen LogP contribution >= 0.6 is 0 Å². The maximum atomic E-state index is 5.84. The standard InChI is InChI=1S/C13H28N2/c1-11(14)8-10-15-9-6-5-7-12(15)13(2,3)4/h11-12H,5-10,14H2,1-4H3. The van der Waals surface area contributed by atoms with Crippen molar-refractivity contribution in [2.75, 3.05) is 13.1 Å². The van der Waals surface area contributed by atoms with E-state index in [1.165, 1.54) is 32.4 Å². The lowest BCUT2D eigenvalue weighted by Gasteiger charge is -2.43. The molecule has 0 aliphatic carbocycles. The van der Waals surface area contributed by atoms with Crippen LogP contribution in [0.1, 0.15) is 53.4 Å². The zero-order chi connectivity index (χ0) is 11.5. The van der Waals surface area contributed by atoms with Crippen molar-refractivity contribution in [3.05, 3.63) is 0 Å². The Labute approximate surface area is 95.2 Å². The zero-order valence-electron chi connectivity index (χ0n) is 10.9. The molecule has 2 nitrogen and oxygen atoms in total. The van der Waals surface area contributed by atoms with Gasteiger partial charge >= 0.3 is 0 Å². The van der Waals surface area contributed by atoms with Crippen LogP contribution < -0.4 is 5.73 Å². The number of nitrogens with zero attached hydrogens (tertiary/aromatic N) is 1. The fourth-order valence-electron chi connectivity index (χ4n) is 2.61. The van der Waals surface area contributed by atoms with Crippen molar-refractivity contribution < 1.29 is 0 Å². The van der Waals surface area contributed by atoms with Gasteiger partial charge in [0.2, 0.25) is 0 Å². The van der Waals surface area contributed by atoms with Crippen molar-refractivity contribution in [2.45, 2.75) is 65.5 Å². The van der Waals surface area contributed by atoms with Crippen LogP contribution in [0.3, 0.4) is 0 Å². The van der Waals surface area contributed by atoms with Crippen molar-refractivity contribution in [1.82, 2.24) is 4.90 Å². The fraction of sp³-hybridized carbons (Fsp3) is 1.00. The molecule has 0 saturated carbocycles. The lowest BCUT2D eigenvalue weighted by molar-refractivity contribution is 0.0618. The number of hydrogen-bond acceptors (Lipinski definition) is 2. The van der Waals surface area contributed by atoms with E-state index in [9.17, 15) is 0 Å². The lowest BCUT2D eigenvalue weighted by atomic mass is 9.80. The SMILES string of the molecule is CC(N)CCN1CCCCC1C(C)(C)C. The van der Waals surface area contributed by atoms with E-state index in [4.69, 9.17) is 5.73 Å². The first-order chi connectivity index (χ1) is 6.91. The Bertz CT molecular complexity index is 181. The maximum absolute atomic E-state index is 5.84. The normalized spacial score (nSPS) is 26.6. The first-order valence-electron chi connectivity index (χ1n) is 6.41. The number of likely N-dealkylation sites (tertiary alicyclic amines) is 1. The van der Waals surface area contributed by atoms with E-state index < -0.39 is 0 Å². The largest absolute Gasteiger partial charge is 0.328 e. The Hall–Kier alpha value is -0.0800. The van der Waals surface area contributed by atoms with E-state index in [0.717, 1.165) is 12.5 Å². The van der Waals surface area contributed by atoms with Gasteiger partial charge in [-0.1, -0.05) is 27.2 Å². The molecule has 2 unspecified atom stereocenters. The number of piperidine rings is 1. The van der Waals surface area contributed by atoms with E-state index in [1.807, 2.05) is 0 Å². The van der Waals surface area contributed by atoms with E-state index in [0.29, 0.717) is 11.5 Å². The van der Waals surface area contributed by atoms with Crippen LogP contribution in [-0.4, -0.2) is 30.1 Å². The molecule has 90 valence electrons. The molecule has 0 spiro atoms. The molecular weight excluding hydrogens is 184 g/mol. The minimum absolute atomic E-state index is 0.340. The summed E-state index contributed by atoms with van der Waals surface area (Å²) in [4.78, 5) is 2.66. The summed E-state index contributed by atoms with van der Waals surface area (Å²) in [5, 5.41) is 0. The highest BCUT2D eigenvalue weighted by Crippen LogP contribution is 2.31. The molecule has 0 aromatic rings. The van der Waals surface area contributed by atoms with Crippen molar-refractivity contribution in [1.29, 1.82) is 0 Å². The molecule has 2 heteroatoms. The average Bonchev–Trinajstić information content (AvgIpc) is 2.13. The van der Waals surface area contributed by atoms with Crippen LogP contribution in [0.15, 0.2) is 0 Å². The molecule has 1 saturated heterocycles. The summed E-state index contributed by atoms with van der Waals surface area (Å²) in [6.45, 7) is 11.6. The molecule has 2 atom stereocenters. The number of hydrogen-bond donors (Lipinski definition) is 1. The third kappa shape index (κ3) is 4.12. The molecule has 1 aliphatic rings. The molecule has 1 fully saturated rings. The Balaban J connectivity index is 2.50. The quantitative estimate of drug-likeness (QED) is 0.779. The highest BCUT2D eigenvalue weighted by Gasteiger charge is 2.31. The first-order valence-corrected chi connectivity index (χ1v) is 6.41. The van der Waals surface area contributed by atoms with E-state index >= 15 is 0 Å². The highest BCUT2D eigenvalue weighted by atomic mass is 15.2. The lowest BCUT2D eigenvalue weighted by Crippen LogP contribution is -2.48.